The molecule has 1 aliphatic heterocycles. The number of carbonyl (C=O) groups excluding carboxylic acids is 1. The molecule has 0 spiro atoms. The minimum atomic E-state index is -0.329. The van der Waals surface area contributed by atoms with Crippen molar-refractivity contribution in [1.82, 2.24) is 25.1 Å². The van der Waals surface area contributed by atoms with Gasteiger partial charge < -0.3 is 15.0 Å². The number of ether oxygens (including phenoxy) is 1. The number of likely N-dealkylation sites (tertiary alicyclic amines) is 1. The number of amides is 1. The van der Waals surface area contributed by atoms with Crippen molar-refractivity contribution in [3.05, 3.63) is 35.1 Å². The number of anilines is 2. The van der Waals surface area contributed by atoms with Gasteiger partial charge in [0.15, 0.2) is 0 Å². The molecule has 164 valence electrons. The Kier molecular flexibility index (Phi) is 4.36. The number of carbonyl (C=O) groups is 1. The highest BCUT2D eigenvalue weighted by atomic mass is 32.1. The molecule has 6 rings (SSSR count). The van der Waals surface area contributed by atoms with Crippen LogP contribution in [0.25, 0.3) is 21.1 Å². The molecule has 0 radical (unpaired) electrons. The number of hydrogen-bond acceptors (Lipinski definition) is 7. The second kappa shape index (κ2) is 7.16. The van der Waals surface area contributed by atoms with Crippen LogP contribution in [0.15, 0.2) is 24.7 Å². The quantitative estimate of drug-likeness (QED) is 0.489. The first-order valence-corrected chi connectivity index (χ1v) is 11.7. The molecule has 2 N–H and O–H groups in total. The zero-order valence-corrected chi connectivity index (χ0v) is 18.9. The molecule has 9 heteroatoms. The number of nitrogens with zero attached hydrogens (tertiary/aromatic N) is 4. The van der Waals surface area contributed by atoms with Crippen LogP contribution in [0.3, 0.4) is 0 Å². The van der Waals surface area contributed by atoms with Gasteiger partial charge in [0.25, 0.3) is 0 Å². The van der Waals surface area contributed by atoms with Gasteiger partial charge in [0.1, 0.15) is 22.7 Å². The first-order chi connectivity index (χ1) is 15.6. The smallest absolute Gasteiger partial charge is 0.228 e. The second-order valence-corrected chi connectivity index (χ2v) is 10.0. The van der Waals surface area contributed by atoms with E-state index in [2.05, 4.69) is 32.4 Å². The van der Waals surface area contributed by atoms with Gasteiger partial charge in [-0.05, 0) is 37.3 Å². The molecule has 32 heavy (non-hydrogen) atoms. The summed E-state index contributed by atoms with van der Waals surface area (Å²) >= 11 is 1.69. The Morgan fingerprint density at radius 2 is 2.19 bits per heavy atom. The summed E-state index contributed by atoms with van der Waals surface area (Å²) in [6.07, 6.45) is 6.97. The van der Waals surface area contributed by atoms with Crippen molar-refractivity contribution in [2.45, 2.75) is 32.6 Å². The average molecular weight is 449 g/mol. The molecular weight excluding hydrogens is 424 g/mol. The van der Waals surface area contributed by atoms with Crippen LogP contribution in [-0.4, -0.2) is 51.2 Å². The van der Waals surface area contributed by atoms with E-state index in [0.717, 1.165) is 71.4 Å². The van der Waals surface area contributed by atoms with Crippen LogP contribution >= 0.6 is 11.3 Å². The van der Waals surface area contributed by atoms with Crippen molar-refractivity contribution < 1.29 is 9.53 Å². The number of aromatic amines is 1. The summed E-state index contributed by atoms with van der Waals surface area (Å²) in [5.41, 5.74) is 2.69. The summed E-state index contributed by atoms with van der Waals surface area (Å²) in [7, 11) is 1.65. The Hall–Kier alpha value is -3.20. The van der Waals surface area contributed by atoms with Gasteiger partial charge in [-0.3, -0.25) is 9.89 Å². The topological polar surface area (TPSA) is 96.0 Å². The Bertz CT molecular complexity index is 1360. The van der Waals surface area contributed by atoms with Crippen LogP contribution in [0, 0.1) is 5.41 Å². The van der Waals surface area contributed by atoms with Gasteiger partial charge in [0.2, 0.25) is 5.91 Å². The van der Waals surface area contributed by atoms with Crippen LogP contribution < -0.4 is 10.1 Å². The number of fused-ring (bicyclic) bond motifs is 4. The zero-order valence-electron chi connectivity index (χ0n) is 18.1. The van der Waals surface area contributed by atoms with E-state index in [-0.39, 0.29) is 5.41 Å². The number of H-pyrrole nitrogens is 1. The molecule has 1 amide bonds. The highest BCUT2D eigenvalue weighted by molar-refractivity contribution is 7.19. The summed E-state index contributed by atoms with van der Waals surface area (Å²) in [5, 5.41) is 12.6. The van der Waals surface area contributed by atoms with Gasteiger partial charge in [-0.25, -0.2) is 9.97 Å². The second-order valence-electron chi connectivity index (χ2n) is 8.92. The third kappa shape index (κ3) is 2.95. The highest BCUT2D eigenvalue weighted by Gasteiger charge is 2.42. The zero-order chi connectivity index (χ0) is 21.9. The van der Waals surface area contributed by atoms with E-state index < -0.39 is 0 Å². The van der Waals surface area contributed by atoms with Crippen molar-refractivity contribution in [3.63, 3.8) is 0 Å². The fourth-order valence-corrected chi connectivity index (χ4v) is 6.20. The summed E-state index contributed by atoms with van der Waals surface area (Å²) in [6, 6.07) is 3.94. The van der Waals surface area contributed by atoms with E-state index in [9.17, 15) is 4.79 Å². The van der Waals surface area contributed by atoms with Crippen LogP contribution in [0.4, 0.5) is 11.5 Å². The van der Waals surface area contributed by atoms with Gasteiger partial charge >= 0.3 is 0 Å². The lowest BCUT2D eigenvalue weighted by atomic mass is 9.74. The fraction of sp³-hybridized carbons (Fsp3) is 0.391. The van der Waals surface area contributed by atoms with Crippen molar-refractivity contribution in [1.29, 1.82) is 0 Å². The van der Waals surface area contributed by atoms with Crippen LogP contribution in [0.1, 0.15) is 30.2 Å². The molecule has 0 saturated carbocycles. The molecule has 2 aliphatic rings. The first kappa shape index (κ1) is 19.5. The van der Waals surface area contributed by atoms with Crippen molar-refractivity contribution in [2.75, 3.05) is 25.5 Å². The number of thiophene rings is 1. The molecule has 4 aromatic rings. The molecule has 0 bridgehead atoms. The van der Waals surface area contributed by atoms with E-state index >= 15 is 0 Å². The van der Waals surface area contributed by atoms with Gasteiger partial charge in [-0.15, -0.1) is 11.3 Å². The van der Waals surface area contributed by atoms with E-state index in [4.69, 9.17) is 4.74 Å². The summed E-state index contributed by atoms with van der Waals surface area (Å²) < 4.78 is 5.60. The summed E-state index contributed by atoms with van der Waals surface area (Å²) in [4.78, 5) is 26.4. The number of rotatable bonds is 4. The van der Waals surface area contributed by atoms with E-state index in [1.54, 1.807) is 31.0 Å². The minimum Gasteiger partial charge on any atom is -0.494 e. The van der Waals surface area contributed by atoms with Crippen molar-refractivity contribution >= 4 is 49.9 Å². The maximum atomic E-state index is 13.1. The number of aryl methyl sites for hydroxylation is 1. The van der Waals surface area contributed by atoms with Crippen LogP contribution in [0.2, 0.25) is 0 Å². The van der Waals surface area contributed by atoms with Gasteiger partial charge in [0.05, 0.1) is 35.3 Å². The Morgan fingerprint density at radius 3 is 2.97 bits per heavy atom. The number of benzene rings is 1. The van der Waals surface area contributed by atoms with Crippen LogP contribution in [-0.2, 0) is 17.6 Å². The molecule has 1 fully saturated rings. The van der Waals surface area contributed by atoms with Gasteiger partial charge in [-0.1, -0.05) is 6.92 Å². The molecule has 8 nitrogen and oxygen atoms in total. The number of aromatic nitrogens is 4. The number of nitrogens with one attached hydrogen (secondary N) is 2. The third-order valence-electron chi connectivity index (χ3n) is 6.82. The molecular formula is C23H24N6O2S. The molecule has 0 unspecified atom stereocenters. The maximum Gasteiger partial charge on any atom is 0.228 e. The lowest BCUT2D eigenvalue weighted by molar-refractivity contribution is -0.145. The molecule has 1 saturated heterocycles. The lowest BCUT2D eigenvalue weighted by Gasteiger charge is -2.41. The molecule has 3 aromatic heterocycles. The predicted molar refractivity (Wildman–Crippen MR) is 125 cm³/mol. The monoisotopic (exact) mass is 448 g/mol. The maximum absolute atomic E-state index is 13.1. The van der Waals surface area contributed by atoms with Gasteiger partial charge in [-0.2, -0.15) is 5.10 Å². The largest absolute Gasteiger partial charge is 0.494 e. The number of hydrogen-bond donors (Lipinski definition) is 2. The fourth-order valence-electron chi connectivity index (χ4n) is 4.83. The SMILES string of the molecule is COc1cc2[nH]ncc2cc1Nc1ncnc2sc3c(c12)CC[C@@](C)(C(=O)N1CCC1)C3. The first-order valence-electron chi connectivity index (χ1n) is 10.9. The Morgan fingerprint density at radius 1 is 1.31 bits per heavy atom. The third-order valence-corrected chi connectivity index (χ3v) is 7.96. The van der Waals surface area contributed by atoms with Crippen LogP contribution in [0.5, 0.6) is 5.75 Å². The van der Waals surface area contributed by atoms with E-state index in [0.29, 0.717) is 11.7 Å². The predicted octanol–water partition coefficient (Wildman–Crippen LogP) is 4.05. The van der Waals surface area contributed by atoms with E-state index in [1.807, 2.05) is 17.0 Å². The molecule has 1 atom stereocenters. The average Bonchev–Trinajstić information content (AvgIpc) is 3.35. The van der Waals surface area contributed by atoms with E-state index in [1.165, 1.54) is 10.4 Å². The lowest BCUT2D eigenvalue weighted by Crippen LogP contribution is -2.50. The van der Waals surface area contributed by atoms with Gasteiger partial charge in [0, 0.05) is 29.4 Å². The standard InChI is InChI=1S/C23H24N6O2S/c1-23(22(30)29-6-3-7-29)5-4-14-18(10-23)32-21-19(14)20(24-12-25-21)27-16-8-13-11-26-28-15(13)9-17(16)31-2/h8-9,11-12H,3-7,10H2,1-2H3,(H,26,28)(H,24,25,27)/t23-/m1/s1. The highest BCUT2D eigenvalue weighted by Crippen LogP contribution is 2.46. The molecule has 4 heterocycles. The van der Waals surface area contributed by atoms with Crippen molar-refractivity contribution in [3.8, 4) is 5.75 Å². The summed E-state index contributed by atoms with van der Waals surface area (Å²) in [5.74, 6) is 1.78. The van der Waals surface area contributed by atoms with Crippen molar-refractivity contribution in [2.24, 2.45) is 5.41 Å². The number of methoxy groups -OCH3 is 1. The Labute approximate surface area is 189 Å². The normalized spacial score (nSPS) is 20.2. The molecule has 1 aromatic carbocycles. The minimum absolute atomic E-state index is 0.300. The molecule has 1 aliphatic carbocycles. The summed E-state index contributed by atoms with van der Waals surface area (Å²) in [6.45, 7) is 3.92. The Balaban J connectivity index is 1.38.